The molecule has 2 N–H and O–H groups in total. The van der Waals surface area contributed by atoms with E-state index in [1.54, 1.807) is 9.80 Å². The van der Waals surface area contributed by atoms with Crippen molar-refractivity contribution < 1.29 is 19.4 Å². The first-order chi connectivity index (χ1) is 9.75. The minimum atomic E-state index is -0.494. The number of carbonyl (C=O) groups excluding carboxylic acids is 2. The summed E-state index contributed by atoms with van der Waals surface area (Å²) in [5.74, 6) is 0. The van der Waals surface area contributed by atoms with Crippen LogP contribution >= 0.6 is 0 Å². The van der Waals surface area contributed by atoms with Crippen LogP contribution in [0, 0.1) is 0 Å². The van der Waals surface area contributed by atoms with Gasteiger partial charge < -0.3 is 25.0 Å². The van der Waals surface area contributed by atoms with E-state index in [1.165, 1.54) is 0 Å². The second-order valence-corrected chi connectivity index (χ2v) is 6.82. The molecule has 0 unspecified atom stereocenters. The monoisotopic (exact) mass is 299 g/mol. The average Bonchev–Trinajstić information content (AvgIpc) is 2.65. The molecule has 7 heteroatoms. The summed E-state index contributed by atoms with van der Waals surface area (Å²) < 4.78 is 5.37. The Balaban J connectivity index is 1.89. The van der Waals surface area contributed by atoms with E-state index < -0.39 is 5.60 Å². The highest BCUT2D eigenvalue weighted by molar-refractivity contribution is 5.78. The first-order valence-electron chi connectivity index (χ1n) is 7.41. The van der Waals surface area contributed by atoms with Gasteiger partial charge in [-0.05, 0) is 33.6 Å². The Morgan fingerprint density at radius 1 is 1.38 bits per heavy atom. The van der Waals surface area contributed by atoms with Crippen molar-refractivity contribution in [2.75, 3.05) is 32.8 Å². The second kappa shape index (κ2) is 5.71. The van der Waals surface area contributed by atoms with Gasteiger partial charge >= 0.3 is 12.1 Å². The highest BCUT2D eigenvalue weighted by Gasteiger charge is 2.45. The molecule has 2 fully saturated rings. The van der Waals surface area contributed by atoms with Crippen LogP contribution in [0.5, 0.6) is 0 Å². The van der Waals surface area contributed by atoms with E-state index in [0.717, 1.165) is 0 Å². The summed E-state index contributed by atoms with van der Waals surface area (Å²) in [5.41, 5.74) is -0.767. The van der Waals surface area contributed by atoms with Gasteiger partial charge in [0.2, 0.25) is 0 Å². The number of urea groups is 1. The van der Waals surface area contributed by atoms with E-state index in [-0.39, 0.29) is 24.3 Å². The van der Waals surface area contributed by atoms with Crippen molar-refractivity contribution in [3.8, 4) is 0 Å². The SMILES string of the molecule is CC(C)(C)OC(=O)N1CCC2(CC1)CN(CCO)C(=O)N2. The number of ether oxygens (including phenoxy) is 1. The van der Waals surface area contributed by atoms with E-state index in [0.29, 0.717) is 39.0 Å². The molecule has 0 saturated carbocycles. The topological polar surface area (TPSA) is 82.1 Å². The number of aliphatic hydroxyl groups is 1. The maximum atomic E-state index is 12.0. The first kappa shape index (κ1) is 15.9. The predicted octanol–water partition coefficient (Wildman–Crippen LogP) is 0.774. The largest absolute Gasteiger partial charge is 0.444 e. The van der Waals surface area contributed by atoms with Gasteiger partial charge in [0.15, 0.2) is 0 Å². The van der Waals surface area contributed by atoms with Gasteiger partial charge in [0, 0.05) is 26.2 Å². The predicted molar refractivity (Wildman–Crippen MR) is 77.0 cm³/mol. The van der Waals surface area contributed by atoms with Gasteiger partial charge in [-0.25, -0.2) is 9.59 Å². The fraction of sp³-hybridized carbons (Fsp3) is 0.857. The molecule has 3 amide bonds. The Bertz CT molecular complexity index is 411. The molecule has 0 aromatic rings. The number of nitrogens with zero attached hydrogens (tertiary/aromatic N) is 2. The Hall–Kier alpha value is -1.50. The van der Waals surface area contributed by atoms with E-state index in [9.17, 15) is 9.59 Å². The summed E-state index contributed by atoms with van der Waals surface area (Å²) in [6.07, 6.45) is 1.12. The third-order valence-corrected chi connectivity index (χ3v) is 3.89. The zero-order valence-corrected chi connectivity index (χ0v) is 13.0. The zero-order valence-electron chi connectivity index (χ0n) is 13.0. The van der Waals surface area contributed by atoms with Gasteiger partial charge in [-0.2, -0.15) is 0 Å². The van der Waals surface area contributed by atoms with Gasteiger partial charge in [-0.15, -0.1) is 0 Å². The van der Waals surface area contributed by atoms with Crippen LogP contribution in [0.15, 0.2) is 0 Å². The molecule has 2 aliphatic heterocycles. The van der Waals surface area contributed by atoms with Crippen molar-refractivity contribution >= 4 is 12.1 Å². The number of hydrogen-bond donors (Lipinski definition) is 2. The van der Waals surface area contributed by atoms with Crippen LogP contribution in [0.2, 0.25) is 0 Å². The summed E-state index contributed by atoms with van der Waals surface area (Å²) in [6, 6.07) is -0.130. The molecule has 2 rings (SSSR count). The van der Waals surface area contributed by atoms with Crippen molar-refractivity contribution in [2.45, 2.75) is 44.8 Å². The number of piperidine rings is 1. The Labute approximate surface area is 125 Å². The zero-order chi connectivity index (χ0) is 15.7. The third-order valence-electron chi connectivity index (χ3n) is 3.89. The fourth-order valence-corrected chi connectivity index (χ4v) is 2.81. The quantitative estimate of drug-likeness (QED) is 0.789. The van der Waals surface area contributed by atoms with E-state index in [2.05, 4.69) is 5.32 Å². The highest BCUT2D eigenvalue weighted by atomic mass is 16.6. The Kier molecular flexibility index (Phi) is 4.32. The molecular formula is C14H25N3O4. The molecule has 7 nitrogen and oxygen atoms in total. The summed E-state index contributed by atoms with van der Waals surface area (Å²) in [7, 11) is 0. The summed E-state index contributed by atoms with van der Waals surface area (Å²) >= 11 is 0. The number of aliphatic hydroxyl groups excluding tert-OH is 1. The average molecular weight is 299 g/mol. The number of likely N-dealkylation sites (tertiary alicyclic amines) is 1. The van der Waals surface area contributed by atoms with Gasteiger partial charge in [0.05, 0.1) is 12.1 Å². The van der Waals surface area contributed by atoms with Gasteiger partial charge in [0.25, 0.3) is 0 Å². The molecular weight excluding hydrogens is 274 g/mol. The van der Waals surface area contributed by atoms with Crippen LogP contribution in [-0.2, 0) is 4.74 Å². The van der Waals surface area contributed by atoms with E-state index >= 15 is 0 Å². The molecule has 1 spiro atoms. The number of carbonyl (C=O) groups is 2. The van der Waals surface area contributed by atoms with Crippen LogP contribution in [0.25, 0.3) is 0 Å². The van der Waals surface area contributed by atoms with E-state index in [1.807, 2.05) is 20.8 Å². The van der Waals surface area contributed by atoms with Crippen molar-refractivity contribution in [3.05, 3.63) is 0 Å². The lowest BCUT2D eigenvalue weighted by molar-refractivity contribution is 0.0160. The molecule has 2 aliphatic rings. The standard InChI is InChI=1S/C14H25N3O4/c1-13(2,3)21-12(20)16-6-4-14(5-7-16)10-17(8-9-18)11(19)15-14/h18H,4-10H2,1-3H3,(H,15,19). The van der Waals surface area contributed by atoms with Crippen LogP contribution in [0.4, 0.5) is 9.59 Å². The maximum absolute atomic E-state index is 12.0. The van der Waals surface area contributed by atoms with E-state index in [4.69, 9.17) is 9.84 Å². The number of nitrogens with one attached hydrogen (secondary N) is 1. The molecule has 0 aliphatic carbocycles. The van der Waals surface area contributed by atoms with Crippen LogP contribution in [0.3, 0.4) is 0 Å². The van der Waals surface area contributed by atoms with Crippen LogP contribution in [0.1, 0.15) is 33.6 Å². The van der Waals surface area contributed by atoms with Gasteiger partial charge in [-0.1, -0.05) is 0 Å². The van der Waals surface area contributed by atoms with Crippen LogP contribution < -0.4 is 5.32 Å². The molecule has 120 valence electrons. The minimum Gasteiger partial charge on any atom is -0.444 e. The minimum absolute atomic E-state index is 0.0342. The number of β-amino-alcohol motifs (C(OH)–C–C–N with tert-alkyl or cyclic N) is 1. The molecule has 0 aromatic carbocycles. The van der Waals surface area contributed by atoms with Crippen LogP contribution in [-0.4, -0.2) is 71.0 Å². The Morgan fingerprint density at radius 3 is 2.52 bits per heavy atom. The Morgan fingerprint density at radius 2 is 2.00 bits per heavy atom. The lowest BCUT2D eigenvalue weighted by Gasteiger charge is -2.39. The van der Waals surface area contributed by atoms with Crippen molar-refractivity contribution in [1.29, 1.82) is 0 Å². The molecule has 0 bridgehead atoms. The molecule has 0 aromatic heterocycles. The fourth-order valence-electron chi connectivity index (χ4n) is 2.81. The maximum Gasteiger partial charge on any atom is 0.410 e. The smallest absolute Gasteiger partial charge is 0.410 e. The summed E-state index contributed by atoms with van der Waals surface area (Å²) in [5, 5.41) is 12.0. The second-order valence-electron chi connectivity index (χ2n) is 6.82. The number of amides is 3. The lowest BCUT2D eigenvalue weighted by Crippen LogP contribution is -2.54. The van der Waals surface area contributed by atoms with Gasteiger partial charge in [-0.3, -0.25) is 0 Å². The van der Waals surface area contributed by atoms with Gasteiger partial charge in [0.1, 0.15) is 5.60 Å². The molecule has 2 heterocycles. The van der Waals surface area contributed by atoms with Crippen molar-refractivity contribution in [3.63, 3.8) is 0 Å². The highest BCUT2D eigenvalue weighted by Crippen LogP contribution is 2.28. The molecule has 0 radical (unpaired) electrons. The summed E-state index contributed by atoms with van der Waals surface area (Å²) in [4.78, 5) is 27.2. The van der Waals surface area contributed by atoms with Crippen molar-refractivity contribution in [2.24, 2.45) is 0 Å². The lowest BCUT2D eigenvalue weighted by atomic mass is 9.88. The number of hydrogen-bond acceptors (Lipinski definition) is 4. The molecule has 0 atom stereocenters. The third kappa shape index (κ3) is 3.78. The van der Waals surface area contributed by atoms with Crippen molar-refractivity contribution in [1.82, 2.24) is 15.1 Å². The summed E-state index contributed by atoms with van der Waals surface area (Å²) in [6.45, 7) is 7.59. The molecule has 2 saturated heterocycles. The number of rotatable bonds is 2. The first-order valence-corrected chi connectivity index (χ1v) is 7.41. The molecule has 21 heavy (non-hydrogen) atoms. The normalized spacial score (nSPS) is 21.6.